The van der Waals surface area contributed by atoms with Gasteiger partial charge in [-0.1, -0.05) is 6.07 Å². The van der Waals surface area contributed by atoms with E-state index < -0.39 is 18.0 Å². The van der Waals surface area contributed by atoms with Crippen LogP contribution in [0.2, 0.25) is 0 Å². The molecule has 1 fully saturated rings. The highest BCUT2D eigenvalue weighted by molar-refractivity contribution is 5.92. The summed E-state index contributed by atoms with van der Waals surface area (Å²) in [6.07, 6.45) is 1.21. The third-order valence-corrected chi connectivity index (χ3v) is 3.12. The number of nitrogens with zero attached hydrogens (tertiary/aromatic N) is 1. The van der Waals surface area contributed by atoms with Crippen molar-refractivity contribution in [3.8, 4) is 5.75 Å². The Morgan fingerprint density at radius 3 is 2.95 bits per heavy atom. The Balaban J connectivity index is 2.06. The fourth-order valence-corrected chi connectivity index (χ4v) is 2.16. The predicted molar refractivity (Wildman–Crippen MR) is 69.4 cm³/mol. The van der Waals surface area contributed by atoms with E-state index in [1.807, 2.05) is 0 Å². The van der Waals surface area contributed by atoms with Crippen molar-refractivity contribution >= 4 is 17.7 Å². The Morgan fingerprint density at radius 1 is 1.47 bits per heavy atom. The second-order valence-electron chi connectivity index (χ2n) is 4.35. The van der Waals surface area contributed by atoms with Crippen LogP contribution in [0.5, 0.6) is 5.75 Å². The summed E-state index contributed by atoms with van der Waals surface area (Å²) in [5.41, 5.74) is 0.584. The minimum Gasteiger partial charge on any atom is -0.497 e. The highest BCUT2D eigenvalue weighted by Gasteiger charge is 2.33. The standard InChI is InChI=1S/C13H16N2O4/c1-19-10-5-2-4-9(8-10)14-13(18)15-7-3-6-11(15)12(16)17/h2,4-5,8,11H,3,6-7H2,1H3,(H,14,18)(H,16,17)/t11-/m0/s1. The molecule has 0 unspecified atom stereocenters. The van der Waals surface area contributed by atoms with E-state index in [0.29, 0.717) is 30.8 Å². The van der Waals surface area contributed by atoms with Crippen molar-refractivity contribution in [1.29, 1.82) is 0 Å². The number of ether oxygens (including phenoxy) is 1. The molecule has 2 amide bonds. The molecule has 0 spiro atoms. The quantitative estimate of drug-likeness (QED) is 0.872. The Hall–Kier alpha value is -2.24. The third-order valence-electron chi connectivity index (χ3n) is 3.12. The molecule has 6 heteroatoms. The number of urea groups is 1. The van der Waals surface area contributed by atoms with Gasteiger partial charge in [0.25, 0.3) is 0 Å². The number of aliphatic carboxylic acids is 1. The summed E-state index contributed by atoms with van der Waals surface area (Å²) in [5, 5.41) is 11.7. The number of nitrogens with one attached hydrogen (secondary N) is 1. The maximum atomic E-state index is 12.0. The number of hydrogen-bond donors (Lipinski definition) is 2. The van der Waals surface area contributed by atoms with Gasteiger partial charge in [0.05, 0.1) is 7.11 Å². The Kier molecular flexibility index (Phi) is 3.89. The lowest BCUT2D eigenvalue weighted by Gasteiger charge is -2.21. The van der Waals surface area contributed by atoms with E-state index in [9.17, 15) is 9.59 Å². The number of hydrogen-bond acceptors (Lipinski definition) is 3. The van der Waals surface area contributed by atoms with E-state index in [-0.39, 0.29) is 0 Å². The summed E-state index contributed by atoms with van der Waals surface area (Å²) in [4.78, 5) is 24.4. The molecule has 1 aromatic rings. The minimum absolute atomic E-state index is 0.391. The van der Waals surface area contributed by atoms with Crippen molar-refractivity contribution < 1.29 is 19.4 Å². The highest BCUT2D eigenvalue weighted by Crippen LogP contribution is 2.21. The third kappa shape index (κ3) is 2.96. The second kappa shape index (κ2) is 5.60. The summed E-state index contributed by atoms with van der Waals surface area (Å²) < 4.78 is 5.06. The van der Waals surface area contributed by atoms with E-state index in [0.717, 1.165) is 0 Å². The average molecular weight is 264 g/mol. The van der Waals surface area contributed by atoms with Gasteiger partial charge in [-0.2, -0.15) is 0 Å². The molecule has 6 nitrogen and oxygen atoms in total. The smallest absolute Gasteiger partial charge is 0.326 e. The van der Waals surface area contributed by atoms with E-state index >= 15 is 0 Å². The maximum Gasteiger partial charge on any atom is 0.326 e. The number of likely N-dealkylation sites (tertiary alicyclic amines) is 1. The SMILES string of the molecule is COc1cccc(NC(=O)N2CCC[C@H]2C(=O)O)c1. The van der Waals surface area contributed by atoms with Crippen LogP contribution < -0.4 is 10.1 Å². The number of rotatable bonds is 3. The number of benzene rings is 1. The lowest BCUT2D eigenvalue weighted by atomic mass is 10.2. The van der Waals surface area contributed by atoms with Crippen molar-refractivity contribution in [3.63, 3.8) is 0 Å². The molecular formula is C13H16N2O4. The topological polar surface area (TPSA) is 78.9 Å². The minimum atomic E-state index is -0.960. The molecule has 2 N–H and O–H groups in total. The molecule has 1 saturated heterocycles. The Morgan fingerprint density at radius 2 is 2.26 bits per heavy atom. The number of amides is 2. The normalized spacial score (nSPS) is 18.2. The van der Waals surface area contributed by atoms with Crippen molar-refractivity contribution in [2.24, 2.45) is 0 Å². The van der Waals surface area contributed by atoms with E-state index in [2.05, 4.69) is 5.32 Å². The number of carboxylic acid groups (broad SMARTS) is 1. The van der Waals surface area contributed by atoms with Crippen molar-refractivity contribution in [1.82, 2.24) is 4.90 Å². The first-order valence-electron chi connectivity index (χ1n) is 6.06. The fraction of sp³-hybridized carbons (Fsp3) is 0.385. The number of carbonyl (C=O) groups is 2. The average Bonchev–Trinajstić information content (AvgIpc) is 2.88. The Bertz CT molecular complexity index is 489. The van der Waals surface area contributed by atoms with Crippen LogP contribution in [0.1, 0.15) is 12.8 Å². The molecule has 19 heavy (non-hydrogen) atoms. The molecule has 0 bridgehead atoms. The van der Waals surface area contributed by atoms with Gasteiger partial charge in [0, 0.05) is 18.3 Å². The molecule has 1 aliphatic rings. The van der Waals surface area contributed by atoms with Gasteiger partial charge in [-0.25, -0.2) is 9.59 Å². The first-order chi connectivity index (χ1) is 9.11. The summed E-state index contributed by atoms with van der Waals surface area (Å²) >= 11 is 0. The van der Waals surface area contributed by atoms with Crippen molar-refractivity contribution in [2.75, 3.05) is 19.0 Å². The maximum absolute atomic E-state index is 12.0. The molecule has 102 valence electrons. The number of anilines is 1. The van der Waals surface area contributed by atoms with Crippen LogP contribution in [0, 0.1) is 0 Å². The van der Waals surface area contributed by atoms with Gasteiger partial charge in [0.15, 0.2) is 0 Å². The van der Waals surface area contributed by atoms with Crippen molar-refractivity contribution in [3.05, 3.63) is 24.3 Å². The molecular weight excluding hydrogens is 248 g/mol. The van der Waals surface area contributed by atoms with Gasteiger partial charge in [0.2, 0.25) is 0 Å². The van der Waals surface area contributed by atoms with E-state index in [1.165, 1.54) is 4.90 Å². The first kappa shape index (κ1) is 13.2. The number of carbonyl (C=O) groups excluding carboxylic acids is 1. The van der Waals surface area contributed by atoms with Crippen LogP contribution in [-0.4, -0.2) is 41.7 Å². The van der Waals surface area contributed by atoms with Gasteiger partial charge >= 0.3 is 12.0 Å². The Labute approximate surface area is 111 Å². The van der Waals surface area contributed by atoms with Crippen LogP contribution in [0.4, 0.5) is 10.5 Å². The summed E-state index contributed by atoms with van der Waals surface area (Å²) in [7, 11) is 1.54. The van der Waals surface area contributed by atoms with E-state index in [1.54, 1.807) is 31.4 Å². The predicted octanol–water partition coefficient (Wildman–Crippen LogP) is 1.78. The van der Waals surface area contributed by atoms with Gasteiger partial charge in [-0.3, -0.25) is 0 Å². The van der Waals surface area contributed by atoms with Crippen molar-refractivity contribution in [2.45, 2.75) is 18.9 Å². The monoisotopic (exact) mass is 264 g/mol. The van der Waals surface area contributed by atoms with Crippen LogP contribution >= 0.6 is 0 Å². The first-order valence-corrected chi connectivity index (χ1v) is 6.06. The van der Waals surface area contributed by atoms with Gasteiger partial charge in [-0.15, -0.1) is 0 Å². The molecule has 1 atom stereocenters. The van der Waals surface area contributed by atoms with E-state index in [4.69, 9.17) is 9.84 Å². The van der Waals surface area contributed by atoms with Crippen LogP contribution in [0.3, 0.4) is 0 Å². The lowest BCUT2D eigenvalue weighted by molar-refractivity contribution is -0.141. The zero-order valence-electron chi connectivity index (χ0n) is 10.6. The van der Waals surface area contributed by atoms with Gasteiger partial charge < -0.3 is 20.1 Å². The van der Waals surface area contributed by atoms with Gasteiger partial charge in [0.1, 0.15) is 11.8 Å². The lowest BCUT2D eigenvalue weighted by Crippen LogP contribution is -2.42. The summed E-state index contributed by atoms with van der Waals surface area (Å²) in [6.45, 7) is 0.465. The fourth-order valence-electron chi connectivity index (χ4n) is 2.16. The molecule has 0 radical (unpaired) electrons. The summed E-state index contributed by atoms with van der Waals surface area (Å²) in [6, 6.07) is 5.82. The molecule has 1 aliphatic heterocycles. The second-order valence-corrected chi connectivity index (χ2v) is 4.35. The van der Waals surface area contributed by atoms with Crippen LogP contribution in [-0.2, 0) is 4.79 Å². The highest BCUT2D eigenvalue weighted by atomic mass is 16.5. The zero-order valence-corrected chi connectivity index (χ0v) is 10.6. The number of carboxylic acids is 1. The number of methoxy groups -OCH3 is 1. The molecule has 1 aromatic carbocycles. The molecule has 0 aliphatic carbocycles. The molecule has 2 rings (SSSR count). The zero-order chi connectivity index (χ0) is 13.8. The molecule has 0 aromatic heterocycles. The molecule has 0 saturated carbocycles. The largest absolute Gasteiger partial charge is 0.497 e. The van der Waals surface area contributed by atoms with Crippen LogP contribution in [0.25, 0.3) is 0 Å². The van der Waals surface area contributed by atoms with Gasteiger partial charge in [-0.05, 0) is 25.0 Å². The molecule has 1 heterocycles. The van der Waals surface area contributed by atoms with Crippen LogP contribution in [0.15, 0.2) is 24.3 Å². The summed E-state index contributed by atoms with van der Waals surface area (Å²) in [5.74, 6) is -0.327.